The molecule has 8 heteroatoms. The highest BCUT2D eigenvalue weighted by molar-refractivity contribution is 8.00. The number of amides is 2. The Morgan fingerprint density at radius 3 is 2.58 bits per heavy atom. The van der Waals surface area contributed by atoms with E-state index in [4.69, 9.17) is 16.3 Å². The van der Waals surface area contributed by atoms with Crippen molar-refractivity contribution in [1.29, 1.82) is 0 Å². The molecule has 2 saturated heterocycles. The fraction of sp³-hybridized carbons (Fsp3) is 0.391. The van der Waals surface area contributed by atoms with Crippen LogP contribution in [-0.2, 0) is 9.53 Å². The molecular formula is C23H24ClFN2O3S. The van der Waals surface area contributed by atoms with Crippen LogP contribution < -0.4 is 0 Å². The molecule has 0 radical (unpaired) electrons. The van der Waals surface area contributed by atoms with Crippen molar-refractivity contribution < 1.29 is 18.7 Å². The molecule has 2 aliphatic rings. The summed E-state index contributed by atoms with van der Waals surface area (Å²) in [6.45, 7) is 3.20. The topological polar surface area (TPSA) is 49.9 Å². The van der Waals surface area contributed by atoms with E-state index in [9.17, 15) is 14.0 Å². The lowest BCUT2D eigenvalue weighted by atomic mass is 9.98. The highest BCUT2D eigenvalue weighted by Gasteiger charge is 2.44. The van der Waals surface area contributed by atoms with E-state index in [2.05, 4.69) is 0 Å². The van der Waals surface area contributed by atoms with Crippen molar-refractivity contribution >= 4 is 35.4 Å². The summed E-state index contributed by atoms with van der Waals surface area (Å²) in [5.74, 6) is -0.135. The average Bonchev–Trinajstić information content (AvgIpc) is 3.07. The summed E-state index contributed by atoms with van der Waals surface area (Å²) in [5, 5.41) is 0.311. The summed E-state index contributed by atoms with van der Waals surface area (Å²) in [7, 11) is 0. The van der Waals surface area contributed by atoms with Crippen LogP contribution in [0.5, 0.6) is 0 Å². The quantitative estimate of drug-likeness (QED) is 0.577. The fourth-order valence-corrected chi connectivity index (χ4v) is 5.42. The van der Waals surface area contributed by atoms with E-state index in [1.165, 1.54) is 23.9 Å². The van der Waals surface area contributed by atoms with Gasteiger partial charge in [0.25, 0.3) is 0 Å². The molecule has 0 bridgehead atoms. The van der Waals surface area contributed by atoms with Crippen LogP contribution in [0.15, 0.2) is 53.4 Å². The minimum absolute atomic E-state index is 0.0167. The minimum Gasteiger partial charge on any atom is -0.439 e. The molecule has 0 N–H and O–H groups in total. The van der Waals surface area contributed by atoms with Gasteiger partial charge in [-0.25, -0.2) is 9.18 Å². The summed E-state index contributed by atoms with van der Waals surface area (Å²) in [6.07, 6.45) is 0.876. The number of carbonyl (C=O) groups is 2. The van der Waals surface area contributed by atoms with Gasteiger partial charge in [-0.1, -0.05) is 41.9 Å². The number of piperidine rings is 1. The second-order valence-electron chi connectivity index (χ2n) is 7.84. The third-order valence-electron chi connectivity index (χ3n) is 5.90. The molecule has 2 fully saturated rings. The lowest BCUT2D eigenvalue weighted by Gasteiger charge is -2.37. The molecule has 0 unspecified atom stereocenters. The van der Waals surface area contributed by atoms with E-state index in [1.54, 1.807) is 6.07 Å². The van der Waals surface area contributed by atoms with Gasteiger partial charge in [-0.2, -0.15) is 0 Å². The summed E-state index contributed by atoms with van der Waals surface area (Å²) < 4.78 is 18.8. The van der Waals surface area contributed by atoms with Gasteiger partial charge >= 0.3 is 6.09 Å². The smallest absolute Gasteiger partial charge is 0.411 e. The molecule has 0 spiro atoms. The van der Waals surface area contributed by atoms with Gasteiger partial charge < -0.3 is 9.64 Å². The lowest BCUT2D eigenvalue weighted by Crippen LogP contribution is -2.49. The van der Waals surface area contributed by atoms with Crippen LogP contribution in [0.2, 0.25) is 5.02 Å². The Hall–Kier alpha value is -2.25. The third kappa shape index (κ3) is 4.83. The van der Waals surface area contributed by atoms with E-state index in [-0.39, 0.29) is 35.9 Å². The summed E-state index contributed by atoms with van der Waals surface area (Å²) in [4.78, 5) is 29.6. The standard InChI is InChI=1S/C23H24ClFN2O3S/c1-15-22(16-5-3-2-4-6-16)30-23(29)27(15)18-9-11-26(12-10-18)21(28)14-31-20-8-7-17(25)13-19(20)24/h2-8,13,15,18,22H,9-12,14H2,1H3/t15-,22-/m1/s1. The number of hydrogen-bond donors (Lipinski definition) is 0. The van der Waals surface area contributed by atoms with Crippen molar-refractivity contribution in [2.75, 3.05) is 18.8 Å². The molecule has 2 aliphatic heterocycles. The maximum atomic E-state index is 13.2. The number of nitrogens with zero attached hydrogens (tertiary/aromatic N) is 2. The summed E-state index contributed by atoms with van der Waals surface area (Å²) in [6, 6.07) is 14.0. The van der Waals surface area contributed by atoms with Crippen LogP contribution in [0, 0.1) is 5.82 Å². The number of carbonyl (C=O) groups excluding carboxylic acids is 2. The molecule has 164 valence electrons. The van der Waals surface area contributed by atoms with Crippen LogP contribution in [-0.4, -0.2) is 52.7 Å². The van der Waals surface area contributed by atoms with Crippen LogP contribution in [0.3, 0.4) is 0 Å². The second kappa shape index (κ2) is 9.49. The lowest BCUT2D eigenvalue weighted by molar-refractivity contribution is -0.129. The first-order chi connectivity index (χ1) is 14.9. The van der Waals surface area contributed by atoms with Gasteiger partial charge in [-0.15, -0.1) is 11.8 Å². The number of cyclic esters (lactones) is 1. The molecule has 0 aromatic heterocycles. The van der Waals surface area contributed by atoms with Gasteiger partial charge in [0.05, 0.1) is 16.8 Å². The van der Waals surface area contributed by atoms with Gasteiger partial charge in [-0.05, 0) is 43.5 Å². The SMILES string of the molecule is C[C@@H]1[C@H](c2ccccc2)OC(=O)N1C1CCN(C(=O)CSc2ccc(F)cc2Cl)CC1. The fourth-order valence-electron chi connectivity index (χ4n) is 4.27. The normalized spacial score (nSPS) is 22.0. The van der Waals surface area contributed by atoms with E-state index < -0.39 is 5.82 Å². The number of likely N-dealkylation sites (tertiary alicyclic amines) is 1. The van der Waals surface area contributed by atoms with Gasteiger partial charge in [-0.3, -0.25) is 9.69 Å². The predicted octanol–water partition coefficient (Wildman–Crippen LogP) is 5.14. The van der Waals surface area contributed by atoms with Gasteiger partial charge in [0.15, 0.2) is 0 Å². The van der Waals surface area contributed by atoms with Gasteiger partial charge in [0, 0.05) is 24.0 Å². The van der Waals surface area contributed by atoms with Crippen molar-refractivity contribution in [3.8, 4) is 0 Å². The molecule has 2 aromatic rings. The molecule has 4 rings (SSSR count). The van der Waals surface area contributed by atoms with E-state index in [0.717, 1.165) is 5.56 Å². The van der Waals surface area contributed by atoms with Crippen LogP contribution in [0.4, 0.5) is 9.18 Å². The number of thioether (sulfide) groups is 1. The minimum atomic E-state index is -0.396. The zero-order valence-corrected chi connectivity index (χ0v) is 18.7. The Labute approximate surface area is 190 Å². The van der Waals surface area contributed by atoms with Crippen molar-refractivity contribution in [1.82, 2.24) is 9.80 Å². The summed E-state index contributed by atoms with van der Waals surface area (Å²) in [5.41, 5.74) is 0.995. The van der Waals surface area contributed by atoms with Crippen molar-refractivity contribution in [2.45, 2.75) is 42.8 Å². The Morgan fingerprint density at radius 1 is 1.19 bits per heavy atom. The Morgan fingerprint density at radius 2 is 1.90 bits per heavy atom. The molecule has 0 saturated carbocycles. The average molecular weight is 463 g/mol. The largest absolute Gasteiger partial charge is 0.439 e. The first-order valence-corrected chi connectivity index (χ1v) is 11.7. The van der Waals surface area contributed by atoms with Crippen molar-refractivity contribution in [3.05, 3.63) is 64.9 Å². The number of rotatable bonds is 5. The third-order valence-corrected chi connectivity index (χ3v) is 7.38. The Bertz CT molecular complexity index is 953. The Kier molecular flexibility index (Phi) is 6.72. The molecule has 2 aromatic carbocycles. The molecule has 0 aliphatic carbocycles. The van der Waals surface area contributed by atoms with Gasteiger partial charge in [0.2, 0.25) is 5.91 Å². The zero-order chi connectivity index (χ0) is 22.0. The molecule has 2 atom stereocenters. The number of halogens is 2. The first kappa shape index (κ1) is 22.0. The predicted molar refractivity (Wildman–Crippen MR) is 119 cm³/mol. The number of hydrogen-bond acceptors (Lipinski definition) is 4. The first-order valence-electron chi connectivity index (χ1n) is 10.3. The molecule has 2 heterocycles. The van der Waals surface area contributed by atoms with Crippen molar-refractivity contribution in [3.63, 3.8) is 0 Å². The summed E-state index contributed by atoms with van der Waals surface area (Å²) >= 11 is 7.35. The van der Waals surface area contributed by atoms with E-state index in [1.807, 2.05) is 47.1 Å². The highest BCUT2D eigenvalue weighted by Crippen LogP contribution is 2.36. The van der Waals surface area contributed by atoms with Gasteiger partial charge in [0.1, 0.15) is 11.9 Å². The maximum Gasteiger partial charge on any atom is 0.411 e. The number of ether oxygens (including phenoxy) is 1. The van der Waals surface area contributed by atoms with Crippen molar-refractivity contribution in [2.24, 2.45) is 0 Å². The molecule has 31 heavy (non-hydrogen) atoms. The molecule has 2 amide bonds. The highest BCUT2D eigenvalue weighted by atomic mass is 35.5. The van der Waals surface area contributed by atoms with Crippen LogP contribution >= 0.6 is 23.4 Å². The second-order valence-corrected chi connectivity index (χ2v) is 9.26. The monoisotopic (exact) mass is 462 g/mol. The van der Waals surface area contributed by atoms with E-state index >= 15 is 0 Å². The Balaban J connectivity index is 1.31. The van der Waals surface area contributed by atoms with Crippen LogP contribution in [0.1, 0.15) is 31.4 Å². The van der Waals surface area contributed by atoms with E-state index in [0.29, 0.717) is 35.8 Å². The molecular weight excluding hydrogens is 439 g/mol. The maximum absolute atomic E-state index is 13.2. The number of benzene rings is 2. The molecule has 5 nitrogen and oxygen atoms in total. The van der Waals surface area contributed by atoms with Crippen LogP contribution in [0.25, 0.3) is 0 Å². The zero-order valence-electron chi connectivity index (χ0n) is 17.2.